The molecule has 7 heteroatoms. The molecule has 0 aliphatic carbocycles. The number of halogens is 1. The van der Waals surface area contributed by atoms with E-state index < -0.39 is 0 Å². The molecule has 6 nitrogen and oxygen atoms in total. The van der Waals surface area contributed by atoms with Crippen LogP contribution in [0.1, 0.15) is 30.9 Å². The molecule has 1 fully saturated rings. The third-order valence-electron chi connectivity index (χ3n) is 5.44. The van der Waals surface area contributed by atoms with Gasteiger partial charge in [-0.3, -0.25) is 10.3 Å². The van der Waals surface area contributed by atoms with Crippen LogP contribution in [-0.4, -0.2) is 43.4 Å². The Bertz CT molecular complexity index is 921. The number of likely N-dealkylation sites (tertiary alicyclic amines) is 1. The fraction of sp³-hybridized carbons (Fsp3) is 0.409. The van der Waals surface area contributed by atoms with Crippen LogP contribution in [-0.2, 0) is 4.84 Å². The summed E-state index contributed by atoms with van der Waals surface area (Å²) in [5.74, 6) is 0.898. The Morgan fingerprint density at radius 3 is 2.72 bits per heavy atom. The molecular weight excluding hydrogens is 373 g/mol. The minimum Gasteiger partial charge on any atom is -0.497 e. The van der Waals surface area contributed by atoms with E-state index in [2.05, 4.69) is 15.5 Å². The monoisotopic (exact) mass is 399 g/mol. The molecule has 0 spiro atoms. The van der Waals surface area contributed by atoms with E-state index in [-0.39, 0.29) is 5.82 Å². The van der Waals surface area contributed by atoms with Gasteiger partial charge in [-0.2, -0.15) is 0 Å². The van der Waals surface area contributed by atoms with Gasteiger partial charge < -0.3 is 14.2 Å². The molecule has 1 saturated heterocycles. The molecule has 1 aromatic heterocycles. The summed E-state index contributed by atoms with van der Waals surface area (Å²) in [4.78, 5) is 8.01. The molecule has 0 unspecified atom stereocenters. The topological polar surface area (TPSA) is 59.8 Å². The SMILES string of the molecule is COc1ccc(NOCCCN2CCC(c3noc4cc(F)ccc34)CC2)cc1. The van der Waals surface area contributed by atoms with Gasteiger partial charge >= 0.3 is 0 Å². The Kier molecular flexibility index (Phi) is 6.27. The zero-order valence-electron chi connectivity index (χ0n) is 16.6. The van der Waals surface area contributed by atoms with Crippen LogP contribution >= 0.6 is 0 Å². The number of nitrogens with one attached hydrogen (secondary N) is 1. The number of rotatable bonds is 8. The van der Waals surface area contributed by atoms with Crippen molar-refractivity contribution in [3.8, 4) is 5.75 Å². The van der Waals surface area contributed by atoms with Crippen LogP contribution in [0.5, 0.6) is 5.75 Å². The normalized spacial score (nSPS) is 15.7. The summed E-state index contributed by atoms with van der Waals surface area (Å²) in [6, 6.07) is 12.3. The van der Waals surface area contributed by atoms with Gasteiger partial charge in [0.1, 0.15) is 11.6 Å². The predicted octanol–water partition coefficient (Wildman–Crippen LogP) is 4.59. The summed E-state index contributed by atoms with van der Waals surface area (Å²) in [6.45, 7) is 3.69. The molecule has 2 aromatic carbocycles. The van der Waals surface area contributed by atoms with Gasteiger partial charge in [-0.25, -0.2) is 4.39 Å². The number of anilines is 1. The largest absolute Gasteiger partial charge is 0.497 e. The summed E-state index contributed by atoms with van der Waals surface area (Å²) >= 11 is 0. The lowest BCUT2D eigenvalue weighted by Crippen LogP contribution is -2.34. The molecule has 0 radical (unpaired) electrons. The minimum atomic E-state index is -0.293. The van der Waals surface area contributed by atoms with Crippen molar-refractivity contribution < 1.29 is 18.5 Å². The van der Waals surface area contributed by atoms with Crippen molar-refractivity contribution in [2.24, 2.45) is 0 Å². The van der Waals surface area contributed by atoms with Crippen molar-refractivity contribution in [3.05, 3.63) is 54.0 Å². The quantitative estimate of drug-likeness (QED) is 0.442. The van der Waals surface area contributed by atoms with E-state index in [0.717, 1.165) is 61.4 Å². The molecule has 154 valence electrons. The standard InChI is InChI=1S/C22H26FN3O3/c1-27-19-6-4-18(5-7-19)24-28-14-2-11-26-12-9-16(10-13-26)22-20-8-3-17(23)15-21(20)29-25-22/h3-8,15-16,24H,2,9-14H2,1H3. The molecule has 4 rings (SSSR count). The maximum Gasteiger partial charge on any atom is 0.170 e. The molecular formula is C22H26FN3O3. The van der Waals surface area contributed by atoms with E-state index in [0.29, 0.717) is 18.1 Å². The number of methoxy groups -OCH3 is 1. The second-order valence-electron chi connectivity index (χ2n) is 7.36. The highest BCUT2D eigenvalue weighted by Crippen LogP contribution is 2.32. The Balaban J connectivity index is 1.17. The molecule has 1 aliphatic rings. The Morgan fingerprint density at radius 2 is 1.97 bits per heavy atom. The number of hydrogen-bond acceptors (Lipinski definition) is 6. The fourth-order valence-corrected chi connectivity index (χ4v) is 3.81. The van der Waals surface area contributed by atoms with Crippen LogP contribution in [0.4, 0.5) is 10.1 Å². The van der Waals surface area contributed by atoms with Gasteiger partial charge in [-0.1, -0.05) is 5.16 Å². The Hall–Kier alpha value is -2.64. The van der Waals surface area contributed by atoms with Crippen LogP contribution in [0, 0.1) is 5.82 Å². The Morgan fingerprint density at radius 1 is 1.17 bits per heavy atom. The Labute approximate surface area is 169 Å². The summed E-state index contributed by atoms with van der Waals surface area (Å²) in [7, 11) is 1.65. The second-order valence-corrected chi connectivity index (χ2v) is 7.36. The van der Waals surface area contributed by atoms with Crippen molar-refractivity contribution in [1.29, 1.82) is 0 Å². The molecule has 29 heavy (non-hydrogen) atoms. The molecule has 0 saturated carbocycles. The van der Waals surface area contributed by atoms with Crippen LogP contribution in [0.25, 0.3) is 11.0 Å². The lowest BCUT2D eigenvalue weighted by Gasteiger charge is -2.31. The third-order valence-corrected chi connectivity index (χ3v) is 5.44. The van der Waals surface area contributed by atoms with Gasteiger partial charge in [-0.15, -0.1) is 0 Å². The number of benzene rings is 2. The van der Waals surface area contributed by atoms with Gasteiger partial charge in [-0.05, 0) is 68.8 Å². The average molecular weight is 399 g/mol. The van der Waals surface area contributed by atoms with Crippen LogP contribution in [0.3, 0.4) is 0 Å². The minimum absolute atomic E-state index is 0.293. The zero-order valence-corrected chi connectivity index (χ0v) is 16.6. The maximum atomic E-state index is 13.3. The lowest BCUT2D eigenvalue weighted by atomic mass is 9.91. The number of fused-ring (bicyclic) bond motifs is 1. The first-order valence-corrected chi connectivity index (χ1v) is 10.0. The van der Waals surface area contributed by atoms with E-state index in [1.165, 1.54) is 12.1 Å². The van der Waals surface area contributed by atoms with E-state index >= 15 is 0 Å². The van der Waals surface area contributed by atoms with Crippen molar-refractivity contribution in [3.63, 3.8) is 0 Å². The van der Waals surface area contributed by atoms with Crippen molar-refractivity contribution in [1.82, 2.24) is 10.1 Å². The average Bonchev–Trinajstić information content (AvgIpc) is 3.17. The van der Waals surface area contributed by atoms with Crippen LogP contribution in [0.2, 0.25) is 0 Å². The molecule has 0 bridgehead atoms. The second kappa shape index (κ2) is 9.24. The van der Waals surface area contributed by atoms with Gasteiger partial charge in [0.25, 0.3) is 0 Å². The number of piperidine rings is 1. The van der Waals surface area contributed by atoms with Gasteiger partial charge in [0.2, 0.25) is 0 Å². The summed E-state index contributed by atoms with van der Waals surface area (Å²) in [5, 5.41) is 5.15. The molecule has 1 N–H and O–H groups in total. The van der Waals surface area contributed by atoms with E-state index in [1.807, 2.05) is 24.3 Å². The summed E-state index contributed by atoms with van der Waals surface area (Å²) in [5.41, 5.74) is 5.37. The smallest absolute Gasteiger partial charge is 0.170 e. The first-order chi connectivity index (χ1) is 14.2. The number of hydrogen-bond donors (Lipinski definition) is 1. The predicted molar refractivity (Wildman–Crippen MR) is 110 cm³/mol. The van der Waals surface area contributed by atoms with E-state index in [9.17, 15) is 4.39 Å². The number of nitrogens with zero attached hydrogens (tertiary/aromatic N) is 2. The molecule has 0 amide bonds. The van der Waals surface area contributed by atoms with Gasteiger partial charge in [0.15, 0.2) is 5.58 Å². The highest BCUT2D eigenvalue weighted by Gasteiger charge is 2.24. The summed E-state index contributed by atoms with van der Waals surface area (Å²) < 4.78 is 23.8. The first-order valence-electron chi connectivity index (χ1n) is 10.0. The van der Waals surface area contributed by atoms with E-state index in [1.54, 1.807) is 13.2 Å². The first kappa shape index (κ1) is 19.7. The van der Waals surface area contributed by atoms with Crippen molar-refractivity contribution >= 4 is 16.7 Å². The van der Waals surface area contributed by atoms with Crippen molar-refractivity contribution in [2.45, 2.75) is 25.2 Å². The number of aromatic nitrogens is 1. The third kappa shape index (κ3) is 4.86. The van der Waals surface area contributed by atoms with Crippen LogP contribution in [0.15, 0.2) is 47.0 Å². The van der Waals surface area contributed by atoms with Gasteiger partial charge in [0.05, 0.1) is 25.1 Å². The van der Waals surface area contributed by atoms with E-state index in [4.69, 9.17) is 14.1 Å². The van der Waals surface area contributed by atoms with Crippen LogP contribution < -0.4 is 10.2 Å². The number of ether oxygens (including phenoxy) is 1. The summed E-state index contributed by atoms with van der Waals surface area (Å²) in [6.07, 6.45) is 3.02. The highest BCUT2D eigenvalue weighted by atomic mass is 19.1. The maximum absolute atomic E-state index is 13.3. The molecule has 1 aliphatic heterocycles. The molecule has 2 heterocycles. The molecule has 3 aromatic rings. The van der Waals surface area contributed by atoms with Crippen molar-refractivity contribution in [2.75, 3.05) is 38.8 Å². The molecule has 0 atom stereocenters. The highest BCUT2D eigenvalue weighted by molar-refractivity contribution is 5.79. The lowest BCUT2D eigenvalue weighted by molar-refractivity contribution is 0.154. The van der Waals surface area contributed by atoms with Gasteiger partial charge in [0, 0.05) is 23.9 Å². The fourth-order valence-electron chi connectivity index (χ4n) is 3.81. The zero-order chi connectivity index (χ0) is 20.1.